The van der Waals surface area contributed by atoms with Gasteiger partial charge >= 0.3 is 11.9 Å². The first-order chi connectivity index (χ1) is 24.3. The van der Waals surface area contributed by atoms with Crippen LogP contribution in [0.15, 0.2) is 24.3 Å². The summed E-state index contributed by atoms with van der Waals surface area (Å²) < 4.78 is 10.5. The molecular weight excluding hydrogens is 632 g/mol. The second kappa shape index (κ2) is 32.0. The van der Waals surface area contributed by atoms with Crippen molar-refractivity contribution in [1.82, 2.24) is 0 Å². The van der Waals surface area contributed by atoms with Crippen LogP contribution in [-0.4, -0.2) is 70.0 Å². The van der Waals surface area contributed by atoms with E-state index in [1.165, 1.54) is 96.3 Å². The third kappa shape index (κ3) is 24.4. The van der Waals surface area contributed by atoms with Crippen LogP contribution in [0.3, 0.4) is 0 Å². The zero-order valence-electron chi connectivity index (χ0n) is 32.0. The number of ether oxygens (including phenoxy) is 2. The molecule has 0 bridgehead atoms. The fourth-order valence-corrected chi connectivity index (χ4v) is 6.88. The molecule has 0 saturated heterocycles. The Balaban J connectivity index is 2.10. The number of aliphatic hydroxyl groups excluding tert-OH is 4. The van der Waals surface area contributed by atoms with Crippen molar-refractivity contribution < 1.29 is 39.5 Å². The Morgan fingerprint density at radius 3 is 1.76 bits per heavy atom. The van der Waals surface area contributed by atoms with Crippen molar-refractivity contribution in [2.75, 3.05) is 13.2 Å². The number of hydrogen-bond acceptors (Lipinski definition) is 8. The third-order valence-corrected chi connectivity index (χ3v) is 10.1. The minimum atomic E-state index is -0.912. The van der Waals surface area contributed by atoms with Crippen LogP contribution in [0.4, 0.5) is 0 Å². The predicted octanol–water partition coefficient (Wildman–Crippen LogP) is 9.06. The first-order valence-corrected chi connectivity index (χ1v) is 20.7. The van der Waals surface area contributed by atoms with E-state index in [9.17, 15) is 30.0 Å². The maximum absolute atomic E-state index is 12.3. The fraction of sp³-hybridized carbons (Fsp3) is 0.857. The summed E-state index contributed by atoms with van der Waals surface area (Å²) in [5, 5.41) is 40.7. The molecule has 8 heteroatoms. The Bertz CT molecular complexity index is 874. The molecule has 1 aliphatic carbocycles. The van der Waals surface area contributed by atoms with Gasteiger partial charge < -0.3 is 29.9 Å². The van der Waals surface area contributed by atoms with E-state index in [0.29, 0.717) is 19.3 Å². The summed E-state index contributed by atoms with van der Waals surface area (Å²) in [4.78, 5) is 24.5. The summed E-state index contributed by atoms with van der Waals surface area (Å²) in [7, 11) is 0. The molecule has 0 radical (unpaired) electrons. The number of rotatable bonds is 33. The normalized spacial score (nSPS) is 20.5. The van der Waals surface area contributed by atoms with Crippen molar-refractivity contribution in [3.8, 4) is 0 Å². The van der Waals surface area contributed by atoms with E-state index in [4.69, 9.17) is 9.47 Å². The summed E-state index contributed by atoms with van der Waals surface area (Å²) >= 11 is 0. The molecule has 0 aromatic rings. The van der Waals surface area contributed by atoms with Crippen LogP contribution in [0.2, 0.25) is 0 Å². The molecule has 1 saturated carbocycles. The van der Waals surface area contributed by atoms with E-state index in [1.54, 1.807) is 18.2 Å². The summed E-state index contributed by atoms with van der Waals surface area (Å²) in [6.07, 6.45) is 32.2. The number of esters is 2. The summed E-state index contributed by atoms with van der Waals surface area (Å²) in [6.45, 7) is 3.77. The summed E-state index contributed by atoms with van der Waals surface area (Å²) in [5.41, 5.74) is 0. The molecule has 6 atom stereocenters. The highest BCUT2D eigenvalue weighted by Gasteiger charge is 2.39. The zero-order valence-corrected chi connectivity index (χ0v) is 32.0. The monoisotopic (exact) mass is 709 g/mol. The second-order valence-electron chi connectivity index (χ2n) is 14.7. The van der Waals surface area contributed by atoms with Crippen molar-refractivity contribution >= 4 is 11.9 Å². The maximum atomic E-state index is 12.3. The average molecular weight is 709 g/mol. The third-order valence-electron chi connectivity index (χ3n) is 10.1. The molecule has 1 fully saturated rings. The van der Waals surface area contributed by atoms with Gasteiger partial charge in [0.1, 0.15) is 6.61 Å². The van der Waals surface area contributed by atoms with Gasteiger partial charge in [-0.05, 0) is 25.2 Å². The average Bonchev–Trinajstić information content (AvgIpc) is 3.37. The van der Waals surface area contributed by atoms with Gasteiger partial charge in [0, 0.05) is 18.8 Å². The molecule has 8 nitrogen and oxygen atoms in total. The molecule has 0 aromatic heterocycles. The Kier molecular flexibility index (Phi) is 29.6. The first-order valence-electron chi connectivity index (χ1n) is 20.7. The number of hydrogen-bond donors (Lipinski definition) is 4. The molecule has 4 N–H and O–H groups in total. The number of allylic oxidation sites excluding steroid dienone is 1. The Hall–Kier alpha value is -1.74. The van der Waals surface area contributed by atoms with E-state index in [0.717, 1.165) is 38.5 Å². The van der Waals surface area contributed by atoms with Crippen molar-refractivity contribution in [3.63, 3.8) is 0 Å². The molecule has 0 heterocycles. The second-order valence-corrected chi connectivity index (χ2v) is 14.7. The standard InChI is InChI=1S/C42H76O8/c1-3-5-7-8-9-10-11-12-13-14-15-16-17-18-19-20-21-23-28-41(47)49-34-36(33-43)50-42(48)29-25-24-27-37-38(40(46)32-39(37)45)31-30-35(44)26-22-6-4-2/h24-25,30-31,35-40,43-46H,3-23,26-29,32-34H2,1-2H3/b25-24-,31-30+/t35-,36+,37+,38-,39+,40-/m1/s1. The highest BCUT2D eigenvalue weighted by molar-refractivity contribution is 5.71. The number of unbranched alkanes of at least 4 members (excludes halogenated alkanes) is 19. The molecule has 292 valence electrons. The van der Waals surface area contributed by atoms with E-state index < -0.39 is 37.0 Å². The van der Waals surface area contributed by atoms with Crippen LogP contribution in [0.5, 0.6) is 0 Å². The van der Waals surface area contributed by atoms with Crippen LogP contribution >= 0.6 is 0 Å². The first kappa shape index (κ1) is 46.3. The van der Waals surface area contributed by atoms with Gasteiger partial charge in [-0.2, -0.15) is 0 Å². The number of carbonyl (C=O) groups excluding carboxylic acids is 2. The van der Waals surface area contributed by atoms with Crippen molar-refractivity contribution in [2.24, 2.45) is 11.8 Å². The Labute approximate surface area is 305 Å². The van der Waals surface area contributed by atoms with Gasteiger partial charge in [-0.1, -0.05) is 167 Å². The number of carbonyl (C=O) groups is 2. The molecule has 1 aliphatic rings. The summed E-state index contributed by atoms with van der Waals surface area (Å²) in [5.74, 6) is -1.38. The van der Waals surface area contributed by atoms with E-state index in [1.807, 2.05) is 6.08 Å². The minimum Gasteiger partial charge on any atom is -0.462 e. The highest BCUT2D eigenvalue weighted by atomic mass is 16.6. The molecule has 1 rings (SSSR count). The molecule has 0 spiro atoms. The maximum Gasteiger partial charge on any atom is 0.310 e. The van der Waals surface area contributed by atoms with Crippen LogP contribution in [0.1, 0.15) is 181 Å². The molecule has 0 aliphatic heterocycles. The summed E-state index contributed by atoms with van der Waals surface area (Å²) in [6, 6.07) is 0. The quantitative estimate of drug-likeness (QED) is 0.0302. The fourth-order valence-electron chi connectivity index (χ4n) is 6.88. The Morgan fingerprint density at radius 1 is 0.700 bits per heavy atom. The van der Waals surface area contributed by atoms with E-state index in [2.05, 4.69) is 13.8 Å². The highest BCUT2D eigenvalue weighted by Crippen LogP contribution is 2.36. The van der Waals surface area contributed by atoms with Gasteiger partial charge in [0.05, 0.1) is 31.3 Å². The lowest BCUT2D eigenvalue weighted by Crippen LogP contribution is -2.28. The lowest BCUT2D eigenvalue weighted by atomic mass is 9.89. The predicted molar refractivity (Wildman–Crippen MR) is 203 cm³/mol. The van der Waals surface area contributed by atoms with Crippen LogP contribution in [-0.2, 0) is 19.1 Å². The molecule has 50 heavy (non-hydrogen) atoms. The molecular formula is C42H76O8. The van der Waals surface area contributed by atoms with Crippen LogP contribution < -0.4 is 0 Å². The topological polar surface area (TPSA) is 134 Å². The van der Waals surface area contributed by atoms with Gasteiger partial charge in [0.25, 0.3) is 0 Å². The van der Waals surface area contributed by atoms with E-state index in [-0.39, 0.29) is 37.3 Å². The Morgan fingerprint density at radius 2 is 1.22 bits per heavy atom. The van der Waals surface area contributed by atoms with Crippen LogP contribution in [0, 0.1) is 11.8 Å². The van der Waals surface area contributed by atoms with Gasteiger partial charge in [0.2, 0.25) is 0 Å². The van der Waals surface area contributed by atoms with E-state index >= 15 is 0 Å². The minimum absolute atomic E-state index is 0.0221. The molecule has 0 unspecified atom stereocenters. The van der Waals surface area contributed by atoms with Gasteiger partial charge in [-0.15, -0.1) is 0 Å². The van der Waals surface area contributed by atoms with Crippen molar-refractivity contribution in [3.05, 3.63) is 24.3 Å². The molecule has 0 aromatic carbocycles. The largest absolute Gasteiger partial charge is 0.462 e. The zero-order chi connectivity index (χ0) is 36.7. The smallest absolute Gasteiger partial charge is 0.310 e. The number of aliphatic hydroxyl groups is 4. The SMILES string of the molecule is CCCCCCCCCCCCCCCCCCCCC(=O)OC[C@H](CO)OC(=O)C/C=C\C[C@H]1[C@@H](/C=C/[C@H](O)CCCCC)[C@H](O)C[C@@H]1O. The van der Waals surface area contributed by atoms with Gasteiger partial charge in [-0.3, -0.25) is 9.59 Å². The lowest BCUT2D eigenvalue weighted by Gasteiger charge is -2.19. The lowest BCUT2D eigenvalue weighted by molar-refractivity contribution is -0.160. The van der Waals surface area contributed by atoms with Crippen LogP contribution in [0.25, 0.3) is 0 Å². The van der Waals surface area contributed by atoms with Gasteiger partial charge in [0.15, 0.2) is 6.10 Å². The van der Waals surface area contributed by atoms with Crippen molar-refractivity contribution in [1.29, 1.82) is 0 Å². The van der Waals surface area contributed by atoms with Gasteiger partial charge in [-0.25, -0.2) is 0 Å². The van der Waals surface area contributed by atoms with Crippen molar-refractivity contribution in [2.45, 2.75) is 205 Å². The molecule has 0 amide bonds.